The number of imidazole rings is 1. The molecule has 14 heavy (non-hydrogen) atoms. The zero-order chi connectivity index (χ0) is 9.80. The van der Waals surface area contributed by atoms with Crippen LogP contribution in [0.5, 0.6) is 0 Å². The van der Waals surface area contributed by atoms with Crippen LogP contribution in [0.25, 0.3) is 0 Å². The summed E-state index contributed by atoms with van der Waals surface area (Å²) < 4.78 is 1.84. The first-order chi connectivity index (χ1) is 6.92. The molecule has 0 amide bonds. The van der Waals surface area contributed by atoms with Crippen molar-refractivity contribution in [1.29, 1.82) is 5.26 Å². The molecule has 1 aliphatic heterocycles. The highest BCUT2D eigenvalue weighted by atomic mass is 15.2. The Morgan fingerprint density at radius 3 is 3.29 bits per heavy atom. The van der Waals surface area contributed by atoms with Crippen LogP contribution in [-0.4, -0.2) is 22.1 Å². The Morgan fingerprint density at radius 2 is 2.43 bits per heavy atom. The van der Waals surface area contributed by atoms with E-state index in [0.29, 0.717) is 5.96 Å². The number of fused-ring (bicyclic) bond motifs is 1. The summed E-state index contributed by atoms with van der Waals surface area (Å²) in [4.78, 5) is 8.52. The topological polar surface area (TPSA) is 66.0 Å². The van der Waals surface area contributed by atoms with Gasteiger partial charge in [-0.2, -0.15) is 5.26 Å². The third-order valence-corrected chi connectivity index (χ3v) is 2.18. The summed E-state index contributed by atoms with van der Waals surface area (Å²) in [5, 5.41) is 11.1. The number of hydrogen-bond donors (Lipinski definition) is 1. The summed E-state index contributed by atoms with van der Waals surface area (Å²) in [6, 6.07) is 0. The van der Waals surface area contributed by atoms with E-state index >= 15 is 0 Å². The second-order valence-corrected chi connectivity index (χ2v) is 3.11. The third kappa shape index (κ3) is 1.59. The van der Waals surface area contributed by atoms with E-state index in [1.54, 1.807) is 6.20 Å². The van der Waals surface area contributed by atoms with E-state index in [2.05, 4.69) is 15.3 Å². The summed E-state index contributed by atoms with van der Waals surface area (Å²) >= 11 is 0. The lowest BCUT2D eigenvalue weighted by atomic mass is 10.2. The largest absolute Gasteiger partial charge is 0.273 e. The van der Waals surface area contributed by atoms with Gasteiger partial charge in [0.25, 0.3) is 0 Å². The lowest BCUT2D eigenvalue weighted by Gasteiger charge is -2.11. The molecule has 0 aliphatic carbocycles. The van der Waals surface area contributed by atoms with Crippen molar-refractivity contribution in [2.45, 2.75) is 19.3 Å². The van der Waals surface area contributed by atoms with Gasteiger partial charge in [0.05, 0.1) is 0 Å². The van der Waals surface area contributed by atoms with Gasteiger partial charge in [-0.1, -0.05) is 0 Å². The standard InChI is InChI=1S/C9H11N5/c10-7-13-9-12-4-2-1-3-8-11-5-6-14(8)9/h5-6H,1-4H2,(H,12,13). The first kappa shape index (κ1) is 8.75. The van der Waals surface area contributed by atoms with Crippen LogP contribution >= 0.6 is 0 Å². The normalized spacial score (nSPS) is 15.8. The van der Waals surface area contributed by atoms with Gasteiger partial charge in [0.15, 0.2) is 6.19 Å². The quantitative estimate of drug-likeness (QED) is 0.477. The van der Waals surface area contributed by atoms with Crippen molar-refractivity contribution in [2.24, 2.45) is 4.99 Å². The van der Waals surface area contributed by atoms with Crippen molar-refractivity contribution in [3.8, 4) is 6.19 Å². The van der Waals surface area contributed by atoms with Crippen molar-refractivity contribution in [3.63, 3.8) is 0 Å². The van der Waals surface area contributed by atoms with Gasteiger partial charge in [0, 0.05) is 25.4 Å². The molecule has 1 aliphatic rings. The van der Waals surface area contributed by atoms with Gasteiger partial charge in [-0.05, 0) is 12.8 Å². The molecule has 72 valence electrons. The molecule has 1 N–H and O–H groups in total. The maximum Gasteiger partial charge on any atom is 0.217 e. The van der Waals surface area contributed by atoms with Gasteiger partial charge >= 0.3 is 0 Å². The fourth-order valence-corrected chi connectivity index (χ4v) is 1.52. The van der Waals surface area contributed by atoms with Crippen LogP contribution in [0.4, 0.5) is 0 Å². The summed E-state index contributed by atoms with van der Waals surface area (Å²) in [5.41, 5.74) is 0. The molecule has 1 aromatic heterocycles. The molecule has 0 fully saturated rings. The average Bonchev–Trinajstić information content (AvgIpc) is 2.59. The Bertz CT molecular complexity index is 384. The highest BCUT2D eigenvalue weighted by Gasteiger charge is 2.10. The first-order valence-corrected chi connectivity index (χ1v) is 4.64. The van der Waals surface area contributed by atoms with Crippen molar-refractivity contribution < 1.29 is 0 Å². The smallest absolute Gasteiger partial charge is 0.217 e. The Morgan fingerprint density at radius 1 is 1.50 bits per heavy atom. The highest BCUT2D eigenvalue weighted by Crippen LogP contribution is 2.06. The van der Waals surface area contributed by atoms with Gasteiger partial charge < -0.3 is 0 Å². The van der Waals surface area contributed by atoms with E-state index in [0.717, 1.165) is 31.6 Å². The Kier molecular flexibility index (Phi) is 2.45. The number of aromatic nitrogens is 2. The maximum absolute atomic E-state index is 8.57. The summed E-state index contributed by atoms with van der Waals surface area (Å²) in [6.45, 7) is 0.766. The SMILES string of the molecule is N#CNC1=NCCCCc2nccn21. The number of rotatable bonds is 0. The van der Waals surface area contributed by atoms with Crippen LogP contribution in [0.15, 0.2) is 17.4 Å². The molecule has 0 spiro atoms. The van der Waals surface area contributed by atoms with Gasteiger partial charge in [0.2, 0.25) is 5.96 Å². The van der Waals surface area contributed by atoms with Gasteiger partial charge in [0.1, 0.15) is 5.82 Å². The van der Waals surface area contributed by atoms with E-state index < -0.39 is 0 Å². The minimum Gasteiger partial charge on any atom is -0.273 e. The van der Waals surface area contributed by atoms with Crippen LogP contribution in [0, 0.1) is 11.5 Å². The van der Waals surface area contributed by atoms with E-state index in [4.69, 9.17) is 5.26 Å². The first-order valence-electron chi connectivity index (χ1n) is 4.64. The third-order valence-electron chi connectivity index (χ3n) is 2.18. The summed E-state index contributed by atoms with van der Waals surface area (Å²) in [6.07, 6.45) is 8.53. The van der Waals surface area contributed by atoms with Gasteiger partial charge in [-0.25, -0.2) is 4.98 Å². The number of aryl methyl sites for hydroxylation is 1. The fraction of sp³-hybridized carbons (Fsp3) is 0.444. The second kappa shape index (κ2) is 3.92. The molecule has 0 aromatic carbocycles. The summed E-state index contributed by atoms with van der Waals surface area (Å²) in [5.74, 6) is 1.55. The Labute approximate surface area is 82.1 Å². The Balaban J connectivity index is 2.35. The van der Waals surface area contributed by atoms with Crippen LogP contribution < -0.4 is 5.32 Å². The van der Waals surface area contributed by atoms with Crippen molar-refractivity contribution in [2.75, 3.05) is 6.54 Å². The molecule has 5 heteroatoms. The molecular weight excluding hydrogens is 178 g/mol. The molecule has 1 aromatic rings. The highest BCUT2D eigenvalue weighted by molar-refractivity contribution is 5.84. The average molecular weight is 189 g/mol. The minimum absolute atomic E-state index is 0.583. The molecule has 0 radical (unpaired) electrons. The number of nitrogens with one attached hydrogen (secondary N) is 1. The lowest BCUT2D eigenvalue weighted by molar-refractivity contribution is 0.689. The summed E-state index contributed by atoms with van der Waals surface area (Å²) in [7, 11) is 0. The van der Waals surface area contributed by atoms with E-state index in [-0.39, 0.29) is 0 Å². The van der Waals surface area contributed by atoms with Crippen LogP contribution in [0.2, 0.25) is 0 Å². The predicted molar refractivity (Wildman–Crippen MR) is 51.6 cm³/mol. The van der Waals surface area contributed by atoms with Crippen LogP contribution in [0.3, 0.4) is 0 Å². The zero-order valence-electron chi connectivity index (χ0n) is 7.77. The molecule has 0 unspecified atom stereocenters. The number of aliphatic imine (C=N–C) groups is 1. The zero-order valence-corrected chi connectivity index (χ0v) is 7.77. The van der Waals surface area contributed by atoms with E-state index in [1.807, 2.05) is 17.0 Å². The molecule has 0 saturated carbocycles. The molecule has 0 bridgehead atoms. The maximum atomic E-state index is 8.57. The molecule has 2 heterocycles. The van der Waals surface area contributed by atoms with Crippen molar-refractivity contribution >= 4 is 5.96 Å². The molecular formula is C9H11N5. The van der Waals surface area contributed by atoms with E-state index in [9.17, 15) is 0 Å². The molecule has 5 nitrogen and oxygen atoms in total. The van der Waals surface area contributed by atoms with Crippen LogP contribution in [-0.2, 0) is 6.42 Å². The van der Waals surface area contributed by atoms with Crippen LogP contribution in [0.1, 0.15) is 18.7 Å². The number of hydrogen-bond acceptors (Lipinski definition) is 4. The monoisotopic (exact) mass is 189 g/mol. The van der Waals surface area contributed by atoms with E-state index in [1.165, 1.54) is 0 Å². The molecule has 0 saturated heterocycles. The lowest BCUT2D eigenvalue weighted by Crippen LogP contribution is -2.28. The van der Waals surface area contributed by atoms with Crippen molar-refractivity contribution in [1.82, 2.24) is 14.9 Å². The number of nitrogens with zero attached hydrogens (tertiary/aromatic N) is 4. The fourth-order valence-electron chi connectivity index (χ4n) is 1.52. The molecule has 0 atom stereocenters. The second-order valence-electron chi connectivity index (χ2n) is 3.11. The number of nitriles is 1. The minimum atomic E-state index is 0.583. The van der Waals surface area contributed by atoms with Crippen molar-refractivity contribution in [3.05, 3.63) is 18.2 Å². The van der Waals surface area contributed by atoms with Gasteiger partial charge in [-0.15, -0.1) is 0 Å². The predicted octanol–water partition coefficient (Wildman–Crippen LogP) is 0.494. The Hall–Kier alpha value is -1.83. The van der Waals surface area contributed by atoms with Gasteiger partial charge in [-0.3, -0.25) is 14.9 Å². The molecule has 2 rings (SSSR count).